The SMILES string of the molecule is O=NCc1nn(CC2CCC(NC(=O)c3cc(C(F)(F)F)ccc3Cl)CC2)cc1Cl. The van der Waals surface area contributed by atoms with E-state index in [4.69, 9.17) is 23.2 Å². The molecule has 0 radical (unpaired) electrons. The smallest absolute Gasteiger partial charge is 0.349 e. The van der Waals surface area contributed by atoms with Crippen LogP contribution in [0.3, 0.4) is 0 Å². The van der Waals surface area contributed by atoms with E-state index in [1.165, 1.54) is 0 Å². The molecule has 162 valence electrons. The number of hydrogen-bond donors (Lipinski definition) is 1. The van der Waals surface area contributed by atoms with Gasteiger partial charge in [-0.3, -0.25) is 9.48 Å². The Kier molecular flexibility index (Phi) is 7.02. The summed E-state index contributed by atoms with van der Waals surface area (Å²) in [5.74, 6) is -0.303. The molecule has 6 nitrogen and oxygen atoms in total. The highest BCUT2D eigenvalue weighted by atomic mass is 35.5. The molecule has 3 rings (SSSR count). The molecule has 2 aromatic rings. The fourth-order valence-corrected chi connectivity index (χ4v) is 4.01. The Balaban J connectivity index is 1.55. The van der Waals surface area contributed by atoms with Crippen molar-refractivity contribution in [3.8, 4) is 0 Å². The largest absolute Gasteiger partial charge is 0.416 e. The molecule has 0 aliphatic heterocycles. The van der Waals surface area contributed by atoms with Crippen molar-refractivity contribution >= 4 is 29.1 Å². The van der Waals surface area contributed by atoms with Crippen LogP contribution in [0.1, 0.15) is 47.3 Å². The fourth-order valence-electron chi connectivity index (χ4n) is 3.59. The van der Waals surface area contributed by atoms with Crippen molar-refractivity contribution < 1.29 is 18.0 Å². The van der Waals surface area contributed by atoms with Crippen LogP contribution in [0, 0.1) is 10.8 Å². The number of nitroso groups, excluding NO2 is 1. The number of amides is 1. The fraction of sp³-hybridized carbons (Fsp3) is 0.474. The minimum absolute atomic E-state index is 0.0228. The number of carbonyl (C=O) groups excluding carboxylic acids is 1. The van der Waals surface area contributed by atoms with E-state index < -0.39 is 17.6 Å². The molecule has 1 aromatic heterocycles. The van der Waals surface area contributed by atoms with Crippen molar-refractivity contribution in [3.05, 3.63) is 56.2 Å². The van der Waals surface area contributed by atoms with Crippen LogP contribution in [0.2, 0.25) is 10.0 Å². The number of rotatable bonds is 6. The molecular weight excluding hydrogens is 444 g/mol. The van der Waals surface area contributed by atoms with E-state index in [1.807, 2.05) is 0 Å². The van der Waals surface area contributed by atoms with E-state index in [0.717, 1.165) is 31.0 Å². The normalized spacial score (nSPS) is 19.5. The Bertz CT molecular complexity index is 925. The molecule has 30 heavy (non-hydrogen) atoms. The molecule has 1 aliphatic rings. The summed E-state index contributed by atoms with van der Waals surface area (Å²) in [6, 6.07) is 2.56. The van der Waals surface area contributed by atoms with Gasteiger partial charge in [-0.15, -0.1) is 0 Å². The molecule has 1 amide bonds. The van der Waals surface area contributed by atoms with Gasteiger partial charge in [-0.05, 0) is 49.8 Å². The molecule has 1 fully saturated rings. The Morgan fingerprint density at radius 3 is 2.53 bits per heavy atom. The number of hydrogen-bond acceptors (Lipinski definition) is 4. The van der Waals surface area contributed by atoms with Gasteiger partial charge in [0.05, 0.1) is 21.2 Å². The van der Waals surface area contributed by atoms with Gasteiger partial charge >= 0.3 is 6.18 Å². The van der Waals surface area contributed by atoms with Crippen LogP contribution in [0.15, 0.2) is 29.6 Å². The first-order valence-electron chi connectivity index (χ1n) is 9.36. The van der Waals surface area contributed by atoms with E-state index in [-0.39, 0.29) is 23.2 Å². The van der Waals surface area contributed by atoms with E-state index >= 15 is 0 Å². The van der Waals surface area contributed by atoms with Gasteiger partial charge in [-0.1, -0.05) is 28.4 Å². The molecule has 0 saturated heterocycles. The first-order valence-corrected chi connectivity index (χ1v) is 10.1. The van der Waals surface area contributed by atoms with Gasteiger partial charge in [0.1, 0.15) is 12.2 Å². The summed E-state index contributed by atoms with van der Waals surface area (Å²) in [5.41, 5.74) is -0.663. The highest BCUT2D eigenvalue weighted by Crippen LogP contribution is 2.32. The zero-order valence-electron chi connectivity index (χ0n) is 15.8. The Labute approximate surface area is 180 Å². The van der Waals surface area contributed by atoms with Crippen molar-refractivity contribution in [2.75, 3.05) is 0 Å². The summed E-state index contributed by atoms with van der Waals surface area (Å²) in [4.78, 5) is 22.8. The monoisotopic (exact) mass is 462 g/mol. The van der Waals surface area contributed by atoms with Crippen molar-refractivity contribution in [1.29, 1.82) is 0 Å². The minimum atomic E-state index is -4.55. The minimum Gasteiger partial charge on any atom is -0.349 e. The number of carbonyl (C=O) groups is 1. The lowest BCUT2D eigenvalue weighted by molar-refractivity contribution is -0.137. The molecule has 1 N–H and O–H groups in total. The Morgan fingerprint density at radius 1 is 1.20 bits per heavy atom. The quantitative estimate of drug-likeness (QED) is 0.578. The summed E-state index contributed by atoms with van der Waals surface area (Å²) in [6.07, 6.45) is 0.0931. The first-order chi connectivity index (χ1) is 14.2. The van der Waals surface area contributed by atoms with Gasteiger partial charge in [0.2, 0.25) is 0 Å². The molecule has 1 aromatic carbocycles. The summed E-state index contributed by atoms with van der Waals surface area (Å²) in [6.45, 7) is 0.543. The van der Waals surface area contributed by atoms with Crippen molar-refractivity contribution in [2.24, 2.45) is 11.1 Å². The number of halogens is 5. The lowest BCUT2D eigenvalue weighted by atomic mass is 9.86. The third kappa shape index (κ3) is 5.51. The third-order valence-corrected chi connectivity index (χ3v) is 5.81. The van der Waals surface area contributed by atoms with E-state index in [1.54, 1.807) is 10.9 Å². The van der Waals surface area contributed by atoms with Crippen LogP contribution in [-0.4, -0.2) is 21.7 Å². The molecule has 1 aliphatic carbocycles. The van der Waals surface area contributed by atoms with Gasteiger partial charge in [0, 0.05) is 18.8 Å². The number of nitrogens with one attached hydrogen (secondary N) is 1. The molecule has 0 atom stereocenters. The van der Waals surface area contributed by atoms with Crippen molar-refractivity contribution in [3.63, 3.8) is 0 Å². The zero-order valence-corrected chi connectivity index (χ0v) is 17.3. The second kappa shape index (κ2) is 9.34. The summed E-state index contributed by atoms with van der Waals surface area (Å²) >= 11 is 12.0. The first kappa shape index (κ1) is 22.6. The predicted octanol–water partition coefficient (Wildman–Crippen LogP) is 5.46. The number of alkyl halides is 3. The topological polar surface area (TPSA) is 76.3 Å². The van der Waals surface area contributed by atoms with Crippen LogP contribution >= 0.6 is 23.2 Å². The maximum Gasteiger partial charge on any atom is 0.416 e. The van der Waals surface area contributed by atoms with Gasteiger partial charge in [-0.25, -0.2) is 0 Å². The maximum atomic E-state index is 12.9. The Hall–Kier alpha value is -2.13. The summed E-state index contributed by atoms with van der Waals surface area (Å²) < 4.78 is 40.4. The molecule has 0 bridgehead atoms. The predicted molar refractivity (Wildman–Crippen MR) is 106 cm³/mol. The van der Waals surface area contributed by atoms with Crippen LogP contribution in [0.4, 0.5) is 13.2 Å². The van der Waals surface area contributed by atoms with Crippen LogP contribution in [0.5, 0.6) is 0 Å². The van der Waals surface area contributed by atoms with Gasteiger partial charge in [0.15, 0.2) is 0 Å². The summed E-state index contributed by atoms with van der Waals surface area (Å²) in [7, 11) is 0. The average molecular weight is 463 g/mol. The maximum absolute atomic E-state index is 12.9. The van der Waals surface area contributed by atoms with Crippen molar-refractivity contribution in [2.45, 2.75) is 51.0 Å². The van der Waals surface area contributed by atoms with Gasteiger partial charge in [-0.2, -0.15) is 23.2 Å². The lowest BCUT2D eigenvalue weighted by Crippen LogP contribution is -2.38. The third-order valence-electron chi connectivity index (χ3n) is 5.17. The molecule has 0 spiro atoms. The molecule has 0 unspecified atom stereocenters. The number of aromatic nitrogens is 2. The molecular formula is C19H19Cl2F3N4O2. The highest BCUT2D eigenvalue weighted by molar-refractivity contribution is 6.33. The van der Waals surface area contributed by atoms with E-state index in [0.29, 0.717) is 36.0 Å². The number of nitrogens with zero attached hydrogens (tertiary/aromatic N) is 3. The summed E-state index contributed by atoms with van der Waals surface area (Å²) in [5, 5.41) is 10.2. The molecule has 1 heterocycles. The second-order valence-electron chi connectivity index (χ2n) is 7.32. The molecule has 1 saturated carbocycles. The van der Waals surface area contributed by atoms with Crippen LogP contribution < -0.4 is 5.32 Å². The number of benzene rings is 1. The van der Waals surface area contributed by atoms with Gasteiger partial charge in [0.25, 0.3) is 5.91 Å². The Morgan fingerprint density at radius 2 is 1.90 bits per heavy atom. The van der Waals surface area contributed by atoms with Crippen LogP contribution in [0.25, 0.3) is 0 Å². The lowest BCUT2D eigenvalue weighted by Gasteiger charge is -2.29. The highest BCUT2D eigenvalue weighted by Gasteiger charge is 2.32. The second-order valence-corrected chi connectivity index (χ2v) is 8.13. The standard InChI is InChI=1S/C19H19Cl2F3N4O2/c20-15-6-3-12(19(22,23)24)7-14(15)18(29)26-13-4-1-11(2-5-13)9-28-10-16(21)17(27-28)8-25-30/h3,6-7,10-11,13H,1-2,4-5,8-9H2,(H,26,29). The molecule has 11 heteroatoms. The van der Waals surface area contributed by atoms with Crippen molar-refractivity contribution in [1.82, 2.24) is 15.1 Å². The zero-order chi connectivity index (χ0) is 21.9. The van der Waals surface area contributed by atoms with E-state index in [9.17, 15) is 22.9 Å². The van der Waals surface area contributed by atoms with Crippen LogP contribution in [-0.2, 0) is 19.3 Å². The van der Waals surface area contributed by atoms with E-state index in [2.05, 4.69) is 15.6 Å². The average Bonchev–Trinajstić information content (AvgIpc) is 3.02. The van der Waals surface area contributed by atoms with Gasteiger partial charge < -0.3 is 5.32 Å².